The van der Waals surface area contributed by atoms with Gasteiger partial charge in [0.1, 0.15) is 5.82 Å². The molecule has 1 aromatic heterocycles. The molecule has 0 saturated heterocycles. The zero-order valence-corrected chi connectivity index (χ0v) is 7.88. The quantitative estimate of drug-likeness (QED) is 0.594. The number of anilines is 1. The fourth-order valence-electron chi connectivity index (χ4n) is 1.28. The summed E-state index contributed by atoms with van der Waals surface area (Å²) in [5, 5.41) is 19.9. The van der Waals surface area contributed by atoms with E-state index in [-0.39, 0.29) is 5.46 Å². The minimum Gasteiger partial charge on any atom is -0.423 e. The van der Waals surface area contributed by atoms with Gasteiger partial charge in [-0.1, -0.05) is 6.07 Å². The maximum atomic E-state index is 13.4. The van der Waals surface area contributed by atoms with Gasteiger partial charge in [0.2, 0.25) is 0 Å². The third kappa shape index (κ3) is 1.37. The van der Waals surface area contributed by atoms with Gasteiger partial charge in [-0.3, -0.25) is 0 Å². The molecule has 0 amide bonds. The van der Waals surface area contributed by atoms with Crippen molar-refractivity contribution < 1.29 is 14.4 Å². The molecule has 0 bridgehead atoms. The Morgan fingerprint density at radius 2 is 2.07 bits per heavy atom. The number of hydrogen-bond donors (Lipinski definition) is 3. The summed E-state index contributed by atoms with van der Waals surface area (Å²) in [6, 6.07) is 2.58. The van der Waals surface area contributed by atoms with Crippen LogP contribution in [0.15, 0.2) is 17.5 Å². The highest BCUT2D eigenvalue weighted by Crippen LogP contribution is 2.29. The molecule has 14 heavy (non-hydrogen) atoms. The summed E-state index contributed by atoms with van der Waals surface area (Å²) in [4.78, 5) is 0. The molecule has 0 atom stereocenters. The Morgan fingerprint density at radius 3 is 2.71 bits per heavy atom. The summed E-state index contributed by atoms with van der Waals surface area (Å²) >= 11 is 1.20. The topological polar surface area (TPSA) is 66.5 Å². The van der Waals surface area contributed by atoms with E-state index in [1.54, 1.807) is 5.38 Å². The number of fused-ring (bicyclic) bond motifs is 1. The third-order valence-electron chi connectivity index (χ3n) is 1.98. The molecule has 0 unspecified atom stereocenters. The lowest BCUT2D eigenvalue weighted by Gasteiger charge is -2.01. The van der Waals surface area contributed by atoms with Crippen LogP contribution in [0.25, 0.3) is 10.1 Å². The molecule has 4 N–H and O–H groups in total. The molecular formula is C8H7BFNO2S. The van der Waals surface area contributed by atoms with Crippen molar-refractivity contribution in [2.45, 2.75) is 0 Å². The summed E-state index contributed by atoms with van der Waals surface area (Å²) in [6.07, 6.45) is 0. The van der Waals surface area contributed by atoms with Crippen LogP contribution in [0.5, 0.6) is 0 Å². The molecule has 0 aliphatic rings. The molecule has 1 heterocycles. The molecule has 2 rings (SSSR count). The monoisotopic (exact) mass is 211 g/mol. The normalized spacial score (nSPS) is 10.8. The number of benzene rings is 1. The van der Waals surface area contributed by atoms with Gasteiger partial charge < -0.3 is 15.8 Å². The van der Waals surface area contributed by atoms with Crippen LogP contribution in [0.4, 0.5) is 10.1 Å². The first-order valence-corrected chi connectivity index (χ1v) is 4.80. The van der Waals surface area contributed by atoms with Gasteiger partial charge in [-0.25, -0.2) is 4.39 Å². The Bertz CT molecular complexity index is 485. The van der Waals surface area contributed by atoms with E-state index < -0.39 is 12.9 Å². The first-order valence-electron chi connectivity index (χ1n) is 3.92. The number of hydrogen-bond acceptors (Lipinski definition) is 4. The van der Waals surface area contributed by atoms with Crippen molar-refractivity contribution >= 4 is 39.7 Å². The van der Waals surface area contributed by atoms with Crippen LogP contribution in [0.3, 0.4) is 0 Å². The van der Waals surface area contributed by atoms with E-state index in [9.17, 15) is 4.39 Å². The second-order valence-electron chi connectivity index (χ2n) is 2.94. The molecule has 0 aliphatic heterocycles. The standard InChI is InChI=1S/C8H7BFNO2S/c10-6-2-4(9(12)13)1-5-7(11)3-14-8(5)6/h1-3,12-13H,11H2. The van der Waals surface area contributed by atoms with Crippen LogP contribution in [-0.4, -0.2) is 17.2 Å². The van der Waals surface area contributed by atoms with E-state index in [0.717, 1.165) is 6.07 Å². The molecular weight excluding hydrogens is 204 g/mol. The van der Waals surface area contributed by atoms with Gasteiger partial charge >= 0.3 is 7.12 Å². The first kappa shape index (κ1) is 9.45. The Labute approximate surface area is 83.7 Å². The summed E-state index contributed by atoms with van der Waals surface area (Å²) in [7, 11) is -1.67. The highest BCUT2D eigenvalue weighted by atomic mass is 32.1. The molecule has 0 radical (unpaired) electrons. The predicted molar refractivity (Wildman–Crippen MR) is 56.0 cm³/mol. The van der Waals surface area contributed by atoms with E-state index in [4.69, 9.17) is 15.8 Å². The molecule has 3 nitrogen and oxygen atoms in total. The van der Waals surface area contributed by atoms with Gasteiger partial charge in [-0.05, 0) is 11.5 Å². The fraction of sp³-hybridized carbons (Fsp3) is 0. The van der Waals surface area contributed by atoms with Crippen molar-refractivity contribution in [2.24, 2.45) is 0 Å². The van der Waals surface area contributed by atoms with Crippen molar-refractivity contribution in [1.82, 2.24) is 0 Å². The lowest BCUT2D eigenvalue weighted by molar-refractivity contribution is 0.425. The van der Waals surface area contributed by atoms with E-state index >= 15 is 0 Å². The number of nitrogen functional groups attached to an aromatic ring is 1. The molecule has 1 aromatic carbocycles. The molecule has 0 aliphatic carbocycles. The average Bonchev–Trinajstić information content (AvgIpc) is 2.48. The molecule has 0 saturated carbocycles. The Kier molecular flexibility index (Phi) is 2.18. The highest BCUT2D eigenvalue weighted by molar-refractivity contribution is 7.17. The van der Waals surface area contributed by atoms with Crippen LogP contribution < -0.4 is 11.2 Å². The Morgan fingerprint density at radius 1 is 1.36 bits per heavy atom. The van der Waals surface area contributed by atoms with E-state index in [1.165, 1.54) is 17.4 Å². The van der Waals surface area contributed by atoms with Crippen molar-refractivity contribution in [3.63, 3.8) is 0 Å². The minimum absolute atomic E-state index is 0.111. The van der Waals surface area contributed by atoms with Gasteiger partial charge in [-0.15, -0.1) is 11.3 Å². The summed E-state index contributed by atoms with van der Waals surface area (Å²) < 4.78 is 13.8. The van der Waals surface area contributed by atoms with Crippen LogP contribution in [0, 0.1) is 5.82 Å². The Balaban J connectivity index is 2.75. The van der Waals surface area contributed by atoms with Gasteiger partial charge in [0.15, 0.2) is 0 Å². The van der Waals surface area contributed by atoms with Crippen molar-refractivity contribution in [2.75, 3.05) is 5.73 Å². The second-order valence-corrected chi connectivity index (χ2v) is 3.82. The fourth-order valence-corrected chi connectivity index (χ4v) is 2.13. The molecule has 0 spiro atoms. The number of thiophene rings is 1. The summed E-state index contributed by atoms with van der Waals surface area (Å²) in [6.45, 7) is 0. The Hall–Kier alpha value is -1.11. The smallest absolute Gasteiger partial charge is 0.423 e. The molecule has 72 valence electrons. The molecule has 0 fully saturated rings. The second kappa shape index (κ2) is 3.23. The lowest BCUT2D eigenvalue weighted by atomic mass is 9.80. The zero-order valence-electron chi connectivity index (χ0n) is 7.07. The maximum absolute atomic E-state index is 13.4. The van der Waals surface area contributed by atoms with Crippen molar-refractivity contribution in [1.29, 1.82) is 0 Å². The zero-order chi connectivity index (χ0) is 10.3. The summed E-state index contributed by atoms with van der Waals surface area (Å²) in [5.74, 6) is -0.479. The SMILES string of the molecule is Nc1csc2c(F)cc(B(O)O)cc12. The van der Waals surface area contributed by atoms with Gasteiger partial charge in [0, 0.05) is 10.8 Å². The van der Waals surface area contributed by atoms with Crippen molar-refractivity contribution in [3.05, 3.63) is 23.3 Å². The first-order chi connectivity index (χ1) is 6.59. The number of halogens is 1. The van der Waals surface area contributed by atoms with Crippen LogP contribution >= 0.6 is 11.3 Å². The molecule has 6 heteroatoms. The van der Waals surface area contributed by atoms with Crippen LogP contribution in [0.1, 0.15) is 0 Å². The minimum atomic E-state index is -1.67. The highest BCUT2D eigenvalue weighted by Gasteiger charge is 2.15. The maximum Gasteiger partial charge on any atom is 0.488 e. The number of nitrogens with two attached hydrogens (primary N) is 1. The lowest BCUT2D eigenvalue weighted by Crippen LogP contribution is -2.29. The van der Waals surface area contributed by atoms with Gasteiger partial charge in [0.05, 0.1) is 10.4 Å². The molecule has 2 aromatic rings. The van der Waals surface area contributed by atoms with Crippen LogP contribution in [0.2, 0.25) is 0 Å². The van der Waals surface area contributed by atoms with Gasteiger partial charge in [-0.2, -0.15) is 0 Å². The van der Waals surface area contributed by atoms with Crippen molar-refractivity contribution in [3.8, 4) is 0 Å². The third-order valence-corrected chi connectivity index (χ3v) is 3.00. The van der Waals surface area contributed by atoms with Crippen LogP contribution in [-0.2, 0) is 0 Å². The largest absolute Gasteiger partial charge is 0.488 e. The average molecular weight is 211 g/mol. The van der Waals surface area contributed by atoms with E-state index in [1.807, 2.05) is 0 Å². The van der Waals surface area contributed by atoms with Gasteiger partial charge in [0.25, 0.3) is 0 Å². The number of rotatable bonds is 1. The van der Waals surface area contributed by atoms with E-state index in [0.29, 0.717) is 15.8 Å². The summed E-state index contributed by atoms with van der Waals surface area (Å²) in [5.41, 5.74) is 6.16. The predicted octanol–water partition coefficient (Wildman–Crippen LogP) is 0.302. The van der Waals surface area contributed by atoms with E-state index in [2.05, 4.69) is 0 Å².